The monoisotopic (exact) mass is 395 g/mol. The maximum atomic E-state index is 13.6. The van der Waals surface area contributed by atoms with E-state index in [9.17, 15) is 4.79 Å². The number of halogens is 1. The van der Waals surface area contributed by atoms with Crippen molar-refractivity contribution in [3.63, 3.8) is 0 Å². The highest BCUT2D eigenvalue weighted by molar-refractivity contribution is 6.30. The molecule has 0 fully saturated rings. The molecule has 0 saturated carbocycles. The molecule has 0 amide bonds. The molecule has 2 aliphatic rings. The number of fused-ring (bicyclic) bond motifs is 5. The molecule has 0 atom stereocenters. The molecule has 0 bridgehead atoms. The van der Waals surface area contributed by atoms with Crippen molar-refractivity contribution < 1.29 is 4.79 Å². The molecule has 140 valence electrons. The van der Waals surface area contributed by atoms with Gasteiger partial charge in [-0.3, -0.25) is 4.79 Å². The van der Waals surface area contributed by atoms with Gasteiger partial charge in [-0.25, -0.2) is 0 Å². The van der Waals surface area contributed by atoms with Gasteiger partial charge in [-0.1, -0.05) is 54.1 Å². The molecule has 3 aromatic carbocycles. The molecular formula is C26H18ClNO. The van der Waals surface area contributed by atoms with Gasteiger partial charge in [0.05, 0.1) is 17.0 Å². The van der Waals surface area contributed by atoms with Gasteiger partial charge in [0.2, 0.25) is 0 Å². The van der Waals surface area contributed by atoms with E-state index in [1.54, 1.807) is 0 Å². The number of carbonyl (C=O) groups is 1. The summed E-state index contributed by atoms with van der Waals surface area (Å²) in [7, 11) is 0. The number of hydrogen-bond donors (Lipinski definition) is 0. The third-order valence-corrected chi connectivity index (χ3v) is 6.44. The van der Waals surface area contributed by atoms with Crippen LogP contribution in [0, 0.1) is 5.41 Å². The van der Waals surface area contributed by atoms with Crippen LogP contribution >= 0.6 is 11.6 Å². The molecule has 0 spiro atoms. The summed E-state index contributed by atoms with van der Waals surface area (Å²) in [6.07, 6.45) is 4.12. The number of benzene rings is 3. The third-order valence-electron chi connectivity index (χ3n) is 6.19. The van der Waals surface area contributed by atoms with Gasteiger partial charge in [0.1, 0.15) is 0 Å². The van der Waals surface area contributed by atoms with Gasteiger partial charge < -0.3 is 4.57 Å². The summed E-state index contributed by atoms with van der Waals surface area (Å²) in [5.74, 6) is 0.170. The van der Waals surface area contributed by atoms with Gasteiger partial charge in [-0.05, 0) is 60.5 Å². The lowest BCUT2D eigenvalue weighted by atomic mass is 9.78. The number of ketones is 1. The number of Topliss-reactive ketones (excluding diaryl/α,β-unsaturated/α-hetero) is 1. The molecule has 0 aliphatic heterocycles. The van der Waals surface area contributed by atoms with Gasteiger partial charge in [0.25, 0.3) is 0 Å². The van der Waals surface area contributed by atoms with E-state index in [0.717, 1.165) is 33.8 Å². The van der Waals surface area contributed by atoms with Crippen LogP contribution in [0.1, 0.15) is 29.9 Å². The maximum Gasteiger partial charge on any atom is 0.175 e. The lowest BCUT2D eigenvalue weighted by molar-refractivity contribution is 0.0884. The smallest absolute Gasteiger partial charge is 0.175 e. The van der Waals surface area contributed by atoms with Crippen LogP contribution in [0.4, 0.5) is 0 Å². The Balaban J connectivity index is 1.80. The first-order valence-electron chi connectivity index (χ1n) is 9.78. The average Bonchev–Trinajstić information content (AvgIpc) is 3.21. The van der Waals surface area contributed by atoms with Crippen molar-refractivity contribution in [1.29, 1.82) is 0 Å². The van der Waals surface area contributed by atoms with E-state index in [4.69, 9.17) is 11.6 Å². The van der Waals surface area contributed by atoms with E-state index < -0.39 is 5.41 Å². The van der Waals surface area contributed by atoms with Crippen LogP contribution in [-0.2, 0) is 0 Å². The van der Waals surface area contributed by atoms with Crippen molar-refractivity contribution in [2.45, 2.75) is 13.8 Å². The van der Waals surface area contributed by atoms with Gasteiger partial charge in [-0.15, -0.1) is 0 Å². The number of allylic oxidation sites excluding steroid dienone is 1. The average molecular weight is 396 g/mol. The van der Waals surface area contributed by atoms with Gasteiger partial charge in [-0.2, -0.15) is 0 Å². The zero-order valence-corrected chi connectivity index (χ0v) is 16.9. The molecule has 0 saturated heterocycles. The van der Waals surface area contributed by atoms with Crippen molar-refractivity contribution >= 4 is 34.2 Å². The number of nitrogens with zero attached hydrogens (tertiary/aromatic N) is 1. The minimum atomic E-state index is -0.518. The second-order valence-corrected chi connectivity index (χ2v) is 8.83. The first kappa shape index (κ1) is 16.8. The van der Waals surface area contributed by atoms with Crippen LogP contribution in [0.2, 0.25) is 5.02 Å². The summed E-state index contributed by atoms with van der Waals surface area (Å²) in [4.78, 5) is 13.6. The van der Waals surface area contributed by atoms with Gasteiger partial charge >= 0.3 is 0 Å². The van der Waals surface area contributed by atoms with Crippen molar-refractivity contribution in [3.05, 3.63) is 83.0 Å². The van der Waals surface area contributed by atoms with Gasteiger partial charge in [0.15, 0.2) is 5.78 Å². The Bertz CT molecular complexity index is 1380. The molecule has 1 heterocycles. The molecule has 3 heteroatoms. The minimum Gasteiger partial charge on any atom is -0.308 e. The van der Waals surface area contributed by atoms with Crippen LogP contribution in [0.5, 0.6) is 0 Å². The summed E-state index contributed by atoms with van der Waals surface area (Å²) in [6, 6.07) is 20.6. The topological polar surface area (TPSA) is 22.0 Å². The Morgan fingerprint density at radius 2 is 1.55 bits per heavy atom. The second kappa shape index (κ2) is 5.49. The van der Waals surface area contributed by atoms with Crippen LogP contribution in [0.3, 0.4) is 0 Å². The van der Waals surface area contributed by atoms with Crippen molar-refractivity contribution in [2.24, 2.45) is 5.41 Å². The second-order valence-electron chi connectivity index (χ2n) is 8.39. The summed E-state index contributed by atoms with van der Waals surface area (Å²) < 4.78 is 2.22. The molecule has 0 radical (unpaired) electrons. The largest absolute Gasteiger partial charge is 0.308 e. The normalized spacial score (nSPS) is 15.6. The Kier molecular flexibility index (Phi) is 3.18. The van der Waals surface area contributed by atoms with Crippen LogP contribution < -0.4 is 0 Å². The SMILES string of the molecule is CC1(C)C=Cc2c(c3c(n2-c2ccc(Cl)cc2)-c2cccc4cccc-3c24)C1=O. The number of rotatable bonds is 1. The van der Waals surface area contributed by atoms with E-state index in [-0.39, 0.29) is 5.78 Å². The summed E-state index contributed by atoms with van der Waals surface area (Å²) in [6.45, 7) is 3.98. The van der Waals surface area contributed by atoms with Crippen molar-refractivity contribution in [3.8, 4) is 28.1 Å². The van der Waals surface area contributed by atoms with Crippen LogP contribution in [0.15, 0.2) is 66.7 Å². The molecule has 2 aliphatic carbocycles. The summed E-state index contributed by atoms with van der Waals surface area (Å²) >= 11 is 6.16. The van der Waals surface area contributed by atoms with E-state index in [1.807, 2.05) is 44.2 Å². The molecule has 0 unspecified atom stereocenters. The molecule has 1 aromatic heterocycles. The standard InChI is InChI=1S/C26H18ClNO/c1-26(2)14-13-20-23(25(26)29)22-18-7-3-5-15-6-4-8-19(21(15)18)24(22)28(20)17-11-9-16(27)10-12-17/h3-14H,1-2H3. The summed E-state index contributed by atoms with van der Waals surface area (Å²) in [5, 5.41) is 3.13. The molecular weight excluding hydrogens is 378 g/mol. The van der Waals surface area contributed by atoms with Crippen molar-refractivity contribution in [2.75, 3.05) is 0 Å². The molecule has 2 nitrogen and oxygen atoms in total. The fourth-order valence-corrected chi connectivity index (χ4v) is 4.91. The number of aromatic nitrogens is 1. The minimum absolute atomic E-state index is 0.170. The van der Waals surface area contributed by atoms with E-state index in [1.165, 1.54) is 16.3 Å². The van der Waals surface area contributed by atoms with Crippen LogP contribution in [0.25, 0.3) is 44.9 Å². The van der Waals surface area contributed by atoms with Gasteiger partial charge in [0, 0.05) is 27.3 Å². The lowest BCUT2D eigenvalue weighted by Crippen LogP contribution is -2.25. The highest BCUT2D eigenvalue weighted by atomic mass is 35.5. The highest BCUT2D eigenvalue weighted by Gasteiger charge is 2.40. The third kappa shape index (κ3) is 2.10. The fourth-order valence-electron chi connectivity index (χ4n) is 4.79. The molecule has 0 N–H and O–H groups in total. The predicted octanol–water partition coefficient (Wildman–Crippen LogP) is 7.17. The fraction of sp³-hybridized carbons (Fsp3) is 0.115. The zero-order valence-electron chi connectivity index (χ0n) is 16.2. The van der Waals surface area contributed by atoms with E-state index in [0.29, 0.717) is 5.02 Å². The van der Waals surface area contributed by atoms with Crippen LogP contribution in [-0.4, -0.2) is 10.4 Å². The summed E-state index contributed by atoms with van der Waals surface area (Å²) in [5.41, 5.74) is 6.75. The quantitative estimate of drug-likeness (QED) is 0.295. The Morgan fingerprint density at radius 1 is 0.862 bits per heavy atom. The Morgan fingerprint density at radius 3 is 2.28 bits per heavy atom. The predicted molar refractivity (Wildman–Crippen MR) is 120 cm³/mol. The number of hydrogen-bond acceptors (Lipinski definition) is 1. The maximum absolute atomic E-state index is 13.6. The lowest BCUT2D eigenvalue weighted by Gasteiger charge is -2.24. The molecule has 29 heavy (non-hydrogen) atoms. The Labute approximate surface area is 174 Å². The van der Waals surface area contributed by atoms with Crippen molar-refractivity contribution in [1.82, 2.24) is 4.57 Å². The number of carbonyl (C=O) groups excluding carboxylic acids is 1. The highest BCUT2D eigenvalue weighted by Crippen LogP contribution is 2.54. The molecule has 4 aromatic rings. The zero-order chi connectivity index (χ0) is 19.9. The van der Waals surface area contributed by atoms with E-state index in [2.05, 4.69) is 47.0 Å². The first-order valence-corrected chi connectivity index (χ1v) is 10.2. The molecule has 6 rings (SSSR count). The Hall–Kier alpha value is -3.10. The first-order chi connectivity index (χ1) is 14.0. The van der Waals surface area contributed by atoms with E-state index >= 15 is 0 Å².